The second-order valence-electron chi connectivity index (χ2n) is 8.43. The smallest absolute Gasteiger partial charge is 0.271 e. The molecule has 1 amide bonds. The zero-order chi connectivity index (χ0) is 27.0. The number of aromatic nitrogens is 1. The second kappa shape index (κ2) is 12.7. The molecule has 0 aliphatic rings. The number of thiazole rings is 1. The highest BCUT2D eigenvalue weighted by Crippen LogP contribution is 2.28. The Hall–Kier alpha value is -3.98. The number of carbonyl (C=O) groups is 1. The standard InChI is InChI=1S/C30H22BrClN4O2S/c31-24-9-1-21(2-10-24)18-38-27-15-3-20(4-16-27)17-33-36-29(37)23-7-5-22(6-8-23)28-19-39-30(35-28)34-26-13-11-25(32)12-14-26/h1-17,19H,18H2,(H,34,35)(H,36,37)/b33-17-. The summed E-state index contributed by atoms with van der Waals surface area (Å²) in [6.07, 6.45) is 1.59. The number of hydrogen-bond acceptors (Lipinski definition) is 6. The first-order chi connectivity index (χ1) is 19.0. The number of rotatable bonds is 9. The van der Waals surface area contributed by atoms with Gasteiger partial charge in [0.25, 0.3) is 5.91 Å². The van der Waals surface area contributed by atoms with Crippen molar-refractivity contribution < 1.29 is 9.53 Å². The van der Waals surface area contributed by atoms with Crippen molar-refractivity contribution in [3.63, 3.8) is 0 Å². The van der Waals surface area contributed by atoms with E-state index in [0.29, 0.717) is 17.2 Å². The Labute approximate surface area is 243 Å². The molecule has 0 unspecified atom stereocenters. The van der Waals surface area contributed by atoms with Crippen LogP contribution in [0.25, 0.3) is 11.3 Å². The fourth-order valence-corrected chi connectivity index (χ4v) is 4.67. The van der Waals surface area contributed by atoms with Crippen LogP contribution in [0.15, 0.2) is 112 Å². The van der Waals surface area contributed by atoms with E-state index >= 15 is 0 Å². The quantitative estimate of drug-likeness (QED) is 0.129. The summed E-state index contributed by atoms with van der Waals surface area (Å²) in [4.78, 5) is 17.2. The largest absolute Gasteiger partial charge is 0.489 e. The number of ether oxygens (including phenoxy) is 1. The van der Waals surface area contributed by atoms with E-state index in [1.54, 1.807) is 18.3 Å². The van der Waals surface area contributed by atoms with Gasteiger partial charge in [-0.25, -0.2) is 10.4 Å². The maximum atomic E-state index is 12.5. The monoisotopic (exact) mass is 616 g/mol. The Morgan fingerprint density at radius 1 is 0.949 bits per heavy atom. The molecule has 1 aromatic heterocycles. The van der Waals surface area contributed by atoms with E-state index in [9.17, 15) is 4.79 Å². The summed E-state index contributed by atoms with van der Waals surface area (Å²) in [7, 11) is 0. The molecule has 0 aliphatic heterocycles. The van der Waals surface area contributed by atoms with Gasteiger partial charge in [0.15, 0.2) is 5.13 Å². The van der Waals surface area contributed by atoms with Crippen LogP contribution < -0.4 is 15.5 Å². The number of nitrogens with one attached hydrogen (secondary N) is 2. The molecule has 0 saturated carbocycles. The van der Waals surface area contributed by atoms with E-state index in [1.165, 1.54) is 11.3 Å². The summed E-state index contributed by atoms with van der Waals surface area (Å²) in [6.45, 7) is 0.486. The Morgan fingerprint density at radius 3 is 2.38 bits per heavy atom. The van der Waals surface area contributed by atoms with E-state index in [4.69, 9.17) is 16.3 Å². The van der Waals surface area contributed by atoms with E-state index < -0.39 is 0 Å². The molecule has 1 heterocycles. The molecule has 0 fully saturated rings. The van der Waals surface area contributed by atoms with Crippen molar-refractivity contribution in [2.75, 3.05) is 5.32 Å². The number of anilines is 2. The van der Waals surface area contributed by atoms with Gasteiger partial charge in [-0.05, 0) is 83.9 Å². The molecule has 0 bridgehead atoms. The Kier molecular flexibility index (Phi) is 8.68. The number of amides is 1. The molecule has 39 heavy (non-hydrogen) atoms. The van der Waals surface area contributed by atoms with Crippen molar-refractivity contribution in [3.8, 4) is 17.0 Å². The average Bonchev–Trinajstić information content (AvgIpc) is 3.43. The van der Waals surface area contributed by atoms with Gasteiger partial charge in [-0.15, -0.1) is 11.3 Å². The van der Waals surface area contributed by atoms with Crippen molar-refractivity contribution in [1.29, 1.82) is 0 Å². The minimum Gasteiger partial charge on any atom is -0.489 e. The van der Waals surface area contributed by atoms with Gasteiger partial charge in [0.1, 0.15) is 12.4 Å². The lowest BCUT2D eigenvalue weighted by Crippen LogP contribution is -2.17. The van der Waals surface area contributed by atoms with Crippen LogP contribution in [0, 0.1) is 0 Å². The summed E-state index contributed by atoms with van der Waals surface area (Å²) >= 11 is 10.9. The van der Waals surface area contributed by atoms with Crippen molar-refractivity contribution in [1.82, 2.24) is 10.4 Å². The number of carbonyl (C=O) groups excluding carboxylic acids is 1. The first-order valence-corrected chi connectivity index (χ1v) is 14.0. The maximum absolute atomic E-state index is 12.5. The molecule has 194 valence electrons. The third kappa shape index (κ3) is 7.54. The van der Waals surface area contributed by atoms with Gasteiger partial charge in [-0.2, -0.15) is 5.10 Å². The number of hydrazone groups is 1. The van der Waals surface area contributed by atoms with Crippen LogP contribution in [-0.2, 0) is 6.61 Å². The SMILES string of the molecule is O=C(N/N=C\c1ccc(OCc2ccc(Br)cc2)cc1)c1ccc(-c2csc(Nc3ccc(Cl)cc3)n2)cc1. The van der Waals surface area contributed by atoms with Gasteiger partial charge in [0.05, 0.1) is 11.9 Å². The van der Waals surface area contributed by atoms with Crippen molar-refractivity contribution in [3.05, 3.63) is 129 Å². The summed E-state index contributed by atoms with van der Waals surface area (Å²) in [6, 6.07) is 30.2. The summed E-state index contributed by atoms with van der Waals surface area (Å²) in [5.41, 5.74) is 7.65. The lowest BCUT2D eigenvalue weighted by atomic mass is 10.1. The molecule has 5 aromatic rings. The topological polar surface area (TPSA) is 75.6 Å². The zero-order valence-corrected chi connectivity index (χ0v) is 23.6. The lowest BCUT2D eigenvalue weighted by Gasteiger charge is -2.06. The van der Waals surface area contributed by atoms with Crippen LogP contribution in [0.4, 0.5) is 10.8 Å². The minimum absolute atomic E-state index is 0.296. The molecule has 0 atom stereocenters. The summed E-state index contributed by atoms with van der Waals surface area (Å²) in [5, 5.41) is 10.8. The normalized spacial score (nSPS) is 10.9. The molecular formula is C30H22BrClN4O2S. The first-order valence-electron chi connectivity index (χ1n) is 11.9. The maximum Gasteiger partial charge on any atom is 0.271 e. The molecule has 6 nitrogen and oxygen atoms in total. The van der Waals surface area contributed by atoms with Crippen molar-refractivity contribution in [2.24, 2.45) is 5.10 Å². The molecule has 4 aromatic carbocycles. The number of benzene rings is 4. The number of halogens is 2. The molecular weight excluding hydrogens is 596 g/mol. The summed E-state index contributed by atoms with van der Waals surface area (Å²) in [5.74, 6) is 0.461. The van der Waals surface area contributed by atoms with Gasteiger partial charge in [-0.3, -0.25) is 4.79 Å². The fourth-order valence-electron chi connectivity index (χ4n) is 3.54. The molecule has 5 rings (SSSR count). The molecule has 2 N–H and O–H groups in total. The molecule has 9 heteroatoms. The minimum atomic E-state index is -0.296. The Morgan fingerprint density at radius 2 is 1.67 bits per heavy atom. The van der Waals surface area contributed by atoms with Gasteiger partial charge in [-0.1, -0.05) is 51.8 Å². The number of nitrogens with zero attached hydrogens (tertiary/aromatic N) is 2. The van der Waals surface area contributed by atoms with Crippen molar-refractivity contribution in [2.45, 2.75) is 6.61 Å². The fraction of sp³-hybridized carbons (Fsp3) is 0.0333. The van der Waals surface area contributed by atoms with Crippen LogP contribution in [0.2, 0.25) is 5.02 Å². The van der Waals surface area contributed by atoms with Crippen LogP contribution in [0.1, 0.15) is 21.5 Å². The highest BCUT2D eigenvalue weighted by atomic mass is 79.9. The third-order valence-corrected chi connectivity index (χ3v) is 7.16. The first kappa shape index (κ1) is 26.6. The highest BCUT2D eigenvalue weighted by molar-refractivity contribution is 9.10. The van der Waals surface area contributed by atoms with Crippen LogP contribution in [0.5, 0.6) is 5.75 Å². The Bertz CT molecular complexity index is 1570. The van der Waals surface area contributed by atoms with Gasteiger partial charge >= 0.3 is 0 Å². The zero-order valence-electron chi connectivity index (χ0n) is 20.5. The molecule has 0 radical (unpaired) electrons. The average molecular weight is 618 g/mol. The van der Waals surface area contributed by atoms with E-state index in [2.05, 4.69) is 36.8 Å². The van der Waals surface area contributed by atoms with E-state index in [0.717, 1.165) is 43.4 Å². The summed E-state index contributed by atoms with van der Waals surface area (Å²) < 4.78 is 6.85. The van der Waals surface area contributed by atoms with Gasteiger partial charge in [0.2, 0.25) is 0 Å². The van der Waals surface area contributed by atoms with Crippen LogP contribution in [0.3, 0.4) is 0 Å². The van der Waals surface area contributed by atoms with E-state index in [1.807, 2.05) is 90.3 Å². The van der Waals surface area contributed by atoms with Gasteiger partial charge in [0, 0.05) is 31.7 Å². The molecule has 0 spiro atoms. The van der Waals surface area contributed by atoms with E-state index in [-0.39, 0.29) is 5.91 Å². The highest BCUT2D eigenvalue weighted by Gasteiger charge is 2.08. The lowest BCUT2D eigenvalue weighted by molar-refractivity contribution is 0.0955. The molecule has 0 aliphatic carbocycles. The van der Waals surface area contributed by atoms with Crippen LogP contribution in [-0.4, -0.2) is 17.1 Å². The predicted octanol–water partition coefficient (Wildman–Crippen LogP) is 8.31. The molecule has 0 saturated heterocycles. The third-order valence-electron chi connectivity index (χ3n) is 5.62. The second-order valence-corrected chi connectivity index (χ2v) is 10.6. The predicted molar refractivity (Wildman–Crippen MR) is 162 cm³/mol. The number of hydrogen-bond donors (Lipinski definition) is 2. The Balaban J connectivity index is 1.11. The van der Waals surface area contributed by atoms with Crippen molar-refractivity contribution >= 4 is 61.8 Å². The van der Waals surface area contributed by atoms with Crippen LogP contribution >= 0.6 is 38.9 Å². The van der Waals surface area contributed by atoms with Gasteiger partial charge < -0.3 is 10.1 Å².